The van der Waals surface area contributed by atoms with Crippen LogP contribution < -0.4 is 10.6 Å². The van der Waals surface area contributed by atoms with Crippen LogP contribution in [0.3, 0.4) is 0 Å². The van der Waals surface area contributed by atoms with Gasteiger partial charge in [0, 0.05) is 5.69 Å². The summed E-state index contributed by atoms with van der Waals surface area (Å²) in [5.41, 5.74) is 4.90. The lowest BCUT2D eigenvalue weighted by molar-refractivity contribution is -0.116. The number of amides is 2. The molecule has 7 heteroatoms. The van der Waals surface area contributed by atoms with Crippen LogP contribution in [0.5, 0.6) is 0 Å². The molecule has 0 saturated carbocycles. The molecule has 0 unspecified atom stereocenters. The minimum atomic E-state index is -0.297. The average molecular weight is 447 g/mol. The lowest BCUT2D eigenvalue weighted by atomic mass is 10.1. The summed E-state index contributed by atoms with van der Waals surface area (Å²) in [7, 11) is 0. The van der Waals surface area contributed by atoms with Crippen molar-refractivity contribution in [3.63, 3.8) is 0 Å². The molecule has 0 saturated heterocycles. The lowest BCUT2D eigenvalue weighted by Crippen LogP contribution is -2.27. The first-order valence-corrected chi connectivity index (χ1v) is 10.6. The molecule has 1 heterocycles. The Bertz CT molecular complexity index is 1310. The zero-order valence-electron chi connectivity index (χ0n) is 17.9. The van der Waals surface area contributed by atoms with E-state index in [4.69, 9.17) is 11.6 Å². The second-order valence-corrected chi connectivity index (χ2v) is 7.97. The number of hydrogen-bond acceptors (Lipinski definition) is 3. The number of aromatic nitrogens is 2. The fourth-order valence-corrected chi connectivity index (χ4v) is 3.78. The zero-order chi connectivity index (χ0) is 22.7. The molecule has 0 radical (unpaired) electrons. The Labute approximate surface area is 191 Å². The van der Waals surface area contributed by atoms with Crippen molar-refractivity contribution in [2.75, 3.05) is 5.32 Å². The number of anilines is 1. The van der Waals surface area contributed by atoms with E-state index in [2.05, 4.69) is 15.6 Å². The second-order valence-electron chi connectivity index (χ2n) is 7.56. The maximum Gasteiger partial charge on any atom is 0.253 e. The molecule has 0 atom stereocenters. The van der Waals surface area contributed by atoms with Gasteiger partial charge in [-0.25, -0.2) is 4.98 Å². The number of nitrogens with zero attached hydrogens (tertiary/aromatic N) is 2. The Morgan fingerprint density at radius 2 is 1.72 bits per heavy atom. The van der Waals surface area contributed by atoms with E-state index in [0.717, 1.165) is 27.8 Å². The van der Waals surface area contributed by atoms with Crippen molar-refractivity contribution < 1.29 is 9.59 Å². The summed E-state index contributed by atoms with van der Waals surface area (Å²) in [4.78, 5) is 30.1. The van der Waals surface area contributed by atoms with Crippen molar-refractivity contribution in [1.82, 2.24) is 14.9 Å². The number of para-hydroxylation sites is 2. The molecule has 6 nitrogen and oxygen atoms in total. The number of halogens is 1. The molecule has 3 aromatic carbocycles. The van der Waals surface area contributed by atoms with Crippen LogP contribution in [0, 0.1) is 13.8 Å². The van der Waals surface area contributed by atoms with Crippen molar-refractivity contribution in [1.29, 1.82) is 0 Å². The zero-order valence-corrected chi connectivity index (χ0v) is 18.6. The Hall–Kier alpha value is -3.64. The standard InChI is InChI=1S/C25H23ClN4O2/c1-16-8-7-12-20(17(16)2)29-24(31)15-30-22-13-6-5-11-21(22)28-23(30)14-27-25(32)18-9-3-4-10-19(18)26/h3-13H,14-15H2,1-2H3,(H,27,32)(H,29,31). The van der Waals surface area contributed by atoms with Gasteiger partial charge in [-0.15, -0.1) is 0 Å². The van der Waals surface area contributed by atoms with Gasteiger partial charge in [0.05, 0.1) is 28.2 Å². The van der Waals surface area contributed by atoms with Gasteiger partial charge >= 0.3 is 0 Å². The lowest BCUT2D eigenvalue weighted by Gasteiger charge is -2.13. The fraction of sp³-hybridized carbons (Fsp3) is 0.160. The Morgan fingerprint density at radius 3 is 2.53 bits per heavy atom. The normalized spacial score (nSPS) is 10.8. The van der Waals surface area contributed by atoms with Crippen LogP contribution in [0.25, 0.3) is 11.0 Å². The van der Waals surface area contributed by atoms with Gasteiger partial charge in [-0.2, -0.15) is 0 Å². The summed E-state index contributed by atoms with van der Waals surface area (Å²) in [6.07, 6.45) is 0. The molecule has 32 heavy (non-hydrogen) atoms. The number of hydrogen-bond donors (Lipinski definition) is 2. The predicted molar refractivity (Wildman–Crippen MR) is 127 cm³/mol. The van der Waals surface area contributed by atoms with Crippen molar-refractivity contribution in [2.45, 2.75) is 26.9 Å². The van der Waals surface area contributed by atoms with Crippen molar-refractivity contribution in [2.24, 2.45) is 0 Å². The molecule has 0 aliphatic rings. The monoisotopic (exact) mass is 446 g/mol. The minimum absolute atomic E-state index is 0.0746. The number of aryl methyl sites for hydroxylation is 1. The van der Waals surface area contributed by atoms with Crippen molar-refractivity contribution >= 4 is 40.1 Å². The first kappa shape index (κ1) is 21.6. The van der Waals surface area contributed by atoms with Crippen LogP contribution in [-0.2, 0) is 17.9 Å². The third kappa shape index (κ3) is 4.50. The molecular formula is C25H23ClN4O2. The fourth-order valence-electron chi connectivity index (χ4n) is 3.56. The van der Waals surface area contributed by atoms with E-state index < -0.39 is 0 Å². The van der Waals surface area contributed by atoms with Gasteiger partial charge < -0.3 is 15.2 Å². The Kier molecular flexibility index (Phi) is 6.23. The van der Waals surface area contributed by atoms with Gasteiger partial charge in [-0.1, -0.05) is 48.0 Å². The summed E-state index contributed by atoms with van der Waals surface area (Å²) in [6, 6.07) is 20.3. The van der Waals surface area contributed by atoms with Crippen LogP contribution in [0.2, 0.25) is 5.02 Å². The number of rotatable bonds is 6. The Morgan fingerprint density at radius 1 is 0.969 bits per heavy atom. The van der Waals surface area contributed by atoms with Gasteiger partial charge in [0.2, 0.25) is 5.91 Å². The van der Waals surface area contributed by atoms with Gasteiger partial charge in [0.25, 0.3) is 5.91 Å². The quantitative estimate of drug-likeness (QED) is 0.443. The third-order valence-electron chi connectivity index (χ3n) is 5.44. The third-order valence-corrected chi connectivity index (χ3v) is 5.77. The molecular weight excluding hydrogens is 424 g/mol. The van der Waals surface area contributed by atoms with Gasteiger partial charge in [-0.05, 0) is 55.3 Å². The predicted octanol–water partition coefficient (Wildman–Crippen LogP) is 4.88. The molecule has 0 fully saturated rings. The largest absolute Gasteiger partial charge is 0.345 e. The molecule has 4 aromatic rings. The van der Waals surface area contributed by atoms with Crippen LogP contribution in [0.15, 0.2) is 66.7 Å². The van der Waals surface area contributed by atoms with Crippen molar-refractivity contribution in [3.05, 3.63) is 94.3 Å². The molecule has 2 amide bonds. The molecule has 2 N–H and O–H groups in total. The highest BCUT2D eigenvalue weighted by Crippen LogP contribution is 2.20. The summed E-state index contributed by atoms with van der Waals surface area (Å²) < 4.78 is 1.82. The topological polar surface area (TPSA) is 76.0 Å². The van der Waals surface area contributed by atoms with Gasteiger partial charge in [0.15, 0.2) is 0 Å². The number of imidazole rings is 1. The minimum Gasteiger partial charge on any atom is -0.345 e. The van der Waals surface area contributed by atoms with Gasteiger partial charge in [-0.3, -0.25) is 9.59 Å². The van der Waals surface area contributed by atoms with Crippen LogP contribution in [0.1, 0.15) is 27.3 Å². The smallest absolute Gasteiger partial charge is 0.253 e. The maximum absolute atomic E-state index is 12.9. The molecule has 0 aliphatic heterocycles. The number of benzene rings is 3. The number of nitrogens with one attached hydrogen (secondary N) is 2. The van der Waals surface area contributed by atoms with E-state index in [1.54, 1.807) is 24.3 Å². The highest BCUT2D eigenvalue weighted by molar-refractivity contribution is 6.33. The van der Waals surface area contributed by atoms with E-state index in [9.17, 15) is 9.59 Å². The molecule has 0 aliphatic carbocycles. The number of carbonyl (C=O) groups excluding carboxylic acids is 2. The highest BCUT2D eigenvalue weighted by atomic mass is 35.5. The SMILES string of the molecule is Cc1cccc(NC(=O)Cn2c(CNC(=O)c3ccccc3Cl)nc3ccccc32)c1C. The van der Waals surface area contributed by atoms with E-state index in [-0.39, 0.29) is 24.9 Å². The molecule has 1 aromatic heterocycles. The van der Waals surface area contributed by atoms with E-state index in [1.807, 2.05) is 60.9 Å². The summed E-state index contributed by atoms with van der Waals surface area (Å²) in [5, 5.41) is 6.23. The molecule has 162 valence electrons. The van der Waals surface area contributed by atoms with Crippen molar-refractivity contribution in [3.8, 4) is 0 Å². The van der Waals surface area contributed by atoms with Crippen LogP contribution in [-0.4, -0.2) is 21.4 Å². The summed E-state index contributed by atoms with van der Waals surface area (Å²) >= 11 is 6.13. The molecule has 4 rings (SSSR count). The second kappa shape index (κ2) is 9.24. The van der Waals surface area contributed by atoms with Crippen LogP contribution in [0.4, 0.5) is 5.69 Å². The number of fused-ring (bicyclic) bond motifs is 1. The Balaban J connectivity index is 1.56. The van der Waals surface area contributed by atoms with E-state index >= 15 is 0 Å². The highest BCUT2D eigenvalue weighted by Gasteiger charge is 2.16. The van der Waals surface area contributed by atoms with Gasteiger partial charge in [0.1, 0.15) is 12.4 Å². The first-order chi connectivity index (χ1) is 15.4. The molecule has 0 spiro atoms. The average Bonchev–Trinajstić information content (AvgIpc) is 3.13. The summed E-state index contributed by atoms with van der Waals surface area (Å²) in [5.74, 6) is 0.122. The first-order valence-electron chi connectivity index (χ1n) is 10.3. The number of carbonyl (C=O) groups is 2. The van der Waals surface area contributed by atoms with E-state index in [0.29, 0.717) is 16.4 Å². The maximum atomic E-state index is 12.9. The summed E-state index contributed by atoms with van der Waals surface area (Å²) in [6.45, 7) is 4.22. The van der Waals surface area contributed by atoms with E-state index in [1.165, 1.54) is 0 Å². The van der Waals surface area contributed by atoms with Crippen LogP contribution >= 0.6 is 11.6 Å². The molecule has 0 bridgehead atoms.